The Bertz CT molecular complexity index is 1200. The second kappa shape index (κ2) is 9.36. The Hall–Kier alpha value is -3.56. The number of hydrogen-bond acceptors (Lipinski definition) is 6. The van der Waals surface area contributed by atoms with Crippen LogP contribution in [-0.2, 0) is 28.9 Å². The molecule has 1 aromatic carbocycles. The molecule has 1 atom stereocenters. The van der Waals surface area contributed by atoms with Gasteiger partial charge in [0.2, 0.25) is 11.8 Å². The summed E-state index contributed by atoms with van der Waals surface area (Å²) in [7, 11) is 0. The van der Waals surface area contributed by atoms with Gasteiger partial charge in [-0.25, -0.2) is 9.37 Å². The molecule has 10 heteroatoms. The van der Waals surface area contributed by atoms with Crippen LogP contribution in [0.15, 0.2) is 30.6 Å². The molecule has 0 unspecified atom stereocenters. The summed E-state index contributed by atoms with van der Waals surface area (Å²) in [5.74, 6) is 0.873. The summed E-state index contributed by atoms with van der Waals surface area (Å²) in [6.07, 6.45) is 6.45. The first-order valence-electron chi connectivity index (χ1n) is 11.8. The molecule has 0 radical (unpaired) electrons. The zero-order valence-corrected chi connectivity index (χ0v) is 19.1. The number of halogens is 1. The summed E-state index contributed by atoms with van der Waals surface area (Å²) in [4.78, 5) is 36.0. The van der Waals surface area contributed by atoms with Gasteiger partial charge in [0.25, 0.3) is 5.78 Å². The Morgan fingerprint density at radius 3 is 2.68 bits per heavy atom. The summed E-state index contributed by atoms with van der Waals surface area (Å²) in [5, 5.41) is 10.2. The topological polar surface area (TPSA) is 105 Å². The summed E-state index contributed by atoms with van der Waals surface area (Å²) >= 11 is 0. The highest BCUT2D eigenvalue weighted by molar-refractivity contribution is 5.87. The average molecular weight is 466 g/mol. The van der Waals surface area contributed by atoms with Gasteiger partial charge < -0.3 is 15.5 Å². The Balaban J connectivity index is 1.24. The van der Waals surface area contributed by atoms with Crippen molar-refractivity contribution in [2.24, 2.45) is 0 Å². The van der Waals surface area contributed by atoms with E-state index in [1.807, 2.05) is 4.52 Å². The molecule has 2 N–H and O–H groups in total. The van der Waals surface area contributed by atoms with Crippen LogP contribution >= 0.6 is 0 Å². The molecule has 1 saturated heterocycles. The van der Waals surface area contributed by atoms with Crippen LogP contribution in [0.2, 0.25) is 0 Å². The quantitative estimate of drug-likeness (QED) is 0.573. The van der Waals surface area contributed by atoms with Crippen LogP contribution < -0.4 is 15.5 Å². The number of nitrogens with zero attached hydrogens (tertiary/aromatic N) is 5. The maximum Gasteiger partial charge on any atom is 0.254 e. The van der Waals surface area contributed by atoms with Crippen molar-refractivity contribution in [2.75, 3.05) is 18.0 Å². The lowest BCUT2D eigenvalue weighted by Crippen LogP contribution is -2.52. The largest absolute Gasteiger partial charge is 0.356 e. The van der Waals surface area contributed by atoms with Gasteiger partial charge in [-0.1, -0.05) is 12.1 Å². The molecule has 0 saturated carbocycles. The summed E-state index contributed by atoms with van der Waals surface area (Å²) in [6.45, 7) is 2.94. The number of fused-ring (bicyclic) bond motifs is 2. The molecule has 178 valence electrons. The van der Waals surface area contributed by atoms with Crippen molar-refractivity contribution in [1.29, 1.82) is 0 Å². The normalized spacial score (nSPS) is 16.9. The van der Waals surface area contributed by atoms with E-state index in [2.05, 4.69) is 30.6 Å². The van der Waals surface area contributed by atoms with Crippen LogP contribution in [-0.4, -0.2) is 56.6 Å². The number of carbonyl (C=O) groups excluding carboxylic acids is 2. The van der Waals surface area contributed by atoms with Gasteiger partial charge in [-0.15, -0.1) is 0 Å². The molecule has 2 amide bonds. The maximum atomic E-state index is 13.2. The summed E-state index contributed by atoms with van der Waals surface area (Å²) in [5.41, 5.74) is 3.16. The van der Waals surface area contributed by atoms with E-state index in [-0.39, 0.29) is 23.7 Å². The fraction of sp³-hybridized carbons (Fsp3) is 0.458. The smallest absolute Gasteiger partial charge is 0.254 e. The zero-order chi connectivity index (χ0) is 23.7. The highest BCUT2D eigenvalue weighted by Gasteiger charge is 2.29. The van der Waals surface area contributed by atoms with Crippen molar-refractivity contribution in [2.45, 2.75) is 57.5 Å². The SMILES string of the molecule is CC(=O)N[C@@H](Cc1ccc(F)cc1)C(=O)NC1CCN(c2c3c(nc4ncnn24)CCC3)CC1. The third-order valence-electron chi connectivity index (χ3n) is 6.61. The molecule has 34 heavy (non-hydrogen) atoms. The van der Waals surface area contributed by atoms with Crippen molar-refractivity contribution < 1.29 is 14.0 Å². The van der Waals surface area contributed by atoms with Crippen molar-refractivity contribution in [3.63, 3.8) is 0 Å². The summed E-state index contributed by atoms with van der Waals surface area (Å²) in [6, 6.07) is 5.28. The fourth-order valence-corrected chi connectivity index (χ4v) is 4.97. The molecular weight excluding hydrogens is 437 g/mol. The zero-order valence-electron chi connectivity index (χ0n) is 19.1. The van der Waals surface area contributed by atoms with Gasteiger partial charge >= 0.3 is 0 Å². The lowest BCUT2D eigenvalue weighted by molar-refractivity contribution is -0.128. The van der Waals surface area contributed by atoms with E-state index in [9.17, 15) is 14.0 Å². The number of benzene rings is 1. The lowest BCUT2D eigenvalue weighted by atomic mass is 10.0. The maximum absolute atomic E-state index is 13.2. The van der Waals surface area contributed by atoms with Crippen molar-refractivity contribution in [3.8, 4) is 0 Å². The number of amides is 2. The minimum atomic E-state index is -0.709. The molecule has 0 spiro atoms. The fourth-order valence-electron chi connectivity index (χ4n) is 4.97. The first-order chi connectivity index (χ1) is 16.5. The highest BCUT2D eigenvalue weighted by atomic mass is 19.1. The van der Waals surface area contributed by atoms with Crippen molar-refractivity contribution >= 4 is 23.4 Å². The average Bonchev–Trinajstić information content (AvgIpc) is 3.48. The molecule has 1 aliphatic carbocycles. The molecule has 3 heterocycles. The van der Waals surface area contributed by atoms with E-state index in [0.717, 1.165) is 62.3 Å². The Labute approximate surface area is 196 Å². The minimum Gasteiger partial charge on any atom is -0.356 e. The van der Waals surface area contributed by atoms with Crippen LogP contribution in [0.3, 0.4) is 0 Å². The van der Waals surface area contributed by atoms with Crippen LogP contribution in [0.4, 0.5) is 10.2 Å². The number of carbonyl (C=O) groups is 2. The van der Waals surface area contributed by atoms with E-state index < -0.39 is 6.04 Å². The van der Waals surface area contributed by atoms with E-state index in [4.69, 9.17) is 0 Å². The van der Waals surface area contributed by atoms with Crippen molar-refractivity contribution in [3.05, 3.63) is 53.2 Å². The monoisotopic (exact) mass is 465 g/mol. The van der Waals surface area contributed by atoms with Gasteiger partial charge in [-0.3, -0.25) is 9.59 Å². The Morgan fingerprint density at radius 2 is 1.94 bits per heavy atom. The molecule has 9 nitrogen and oxygen atoms in total. The molecule has 2 aliphatic rings. The van der Waals surface area contributed by atoms with E-state index >= 15 is 0 Å². The minimum absolute atomic E-state index is 0.00866. The predicted octanol–water partition coefficient (Wildman–Crippen LogP) is 1.58. The van der Waals surface area contributed by atoms with E-state index in [1.54, 1.807) is 12.1 Å². The first-order valence-corrected chi connectivity index (χ1v) is 11.8. The van der Waals surface area contributed by atoms with E-state index in [1.165, 1.54) is 30.9 Å². The van der Waals surface area contributed by atoms with Gasteiger partial charge in [0.05, 0.1) is 5.69 Å². The van der Waals surface area contributed by atoms with Gasteiger partial charge in [0.15, 0.2) is 0 Å². The highest BCUT2D eigenvalue weighted by Crippen LogP contribution is 2.32. The molecule has 1 aliphatic heterocycles. The van der Waals surface area contributed by atoms with Gasteiger partial charge in [-0.05, 0) is 49.8 Å². The number of hydrogen-bond donors (Lipinski definition) is 2. The van der Waals surface area contributed by atoms with Gasteiger partial charge in [0, 0.05) is 38.0 Å². The van der Waals surface area contributed by atoms with Crippen molar-refractivity contribution in [1.82, 2.24) is 30.2 Å². The van der Waals surface area contributed by atoms with Crippen LogP contribution in [0.5, 0.6) is 0 Å². The molecule has 3 aromatic rings. The second-order valence-corrected chi connectivity index (χ2v) is 9.04. The van der Waals surface area contributed by atoms with Crippen LogP contribution in [0.1, 0.15) is 43.0 Å². The Kier molecular flexibility index (Phi) is 6.12. The molecule has 2 aromatic heterocycles. The number of piperidine rings is 1. The predicted molar refractivity (Wildman–Crippen MR) is 124 cm³/mol. The van der Waals surface area contributed by atoms with Gasteiger partial charge in [0.1, 0.15) is 24.0 Å². The third-order valence-corrected chi connectivity index (χ3v) is 6.61. The number of anilines is 1. The number of nitrogens with one attached hydrogen (secondary N) is 2. The molecule has 0 bridgehead atoms. The summed E-state index contributed by atoms with van der Waals surface area (Å²) < 4.78 is 15.1. The lowest BCUT2D eigenvalue weighted by Gasteiger charge is -2.35. The molecular formula is C24H28FN7O2. The first kappa shape index (κ1) is 22.2. The number of aryl methyl sites for hydroxylation is 1. The van der Waals surface area contributed by atoms with E-state index in [0.29, 0.717) is 12.2 Å². The second-order valence-electron chi connectivity index (χ2n) is 9.04. The van der Waals surface area contributed by atoms with Crippen LogP contribution in [0, 0.1) is 5.82 Å². The number of rotatable bonds is 6. The molecule has 1 fully saturated rings. The molecule has 5 rings (SSSR count). The van der Waals surface area contributed by atoms with Crippen LogP contribution in [0.25, 0.3) is 5.78 Å². The Morgan fingerprint density at radius 1 is 1.18 bits per heavy atom. The standard InChI is InChI=1S/C24H28FN7O2/c1-15(33)28-21(13-16-5-7-17(25)8-6-16)22(34)29-18-9-11-31(12-10-18)23-19-3-2-4-20(19)30-24-26-14-27-32(23)24/h5-8,14,18,21H,2-4,9-13H2,1H3,(H,28,33)(H,29,34)/t21-/m0/s1. The van der Waals surface area contributed by atoms with Gasteiger partial charge in [-0.2, -0.15) is 14.6 Å². The number of aromatic nitrogens is 4. The third kappa shape index (κ3) is 4.57.